The van der Waals surface area contributed by atoms with Crippen molar-refractivity contribution in [3.8, 4) is 0 Å². The molecule has 1 aromatic carbocycles. The molecule has 0 bridgehead atoms. The van der Waals surface area contributed by atoms with Gasteiger partial charge in [0.25, 0.3) is 0 Å². The molecule has 2 rings (SSSR count). The molecule has 1 heterocycles. The average molecular weight is 421 g/mol. The van der Waals surface area contributed by atoms with E-state index >= 15 is 0 Å². The van der Waals surface area contributed by atoms with E-state index in [4.69, 9.17) is 23.2 Å². The fourth-order valence-electron chi connectivity index (χ4n) is 2.85. The quantitative estimate of drug-likeness (QED) is 0.762. The summed E-state index contributed by atoms with van der Waals surface area (Å²) < 4.78 is 27.0. The highest BCUT2D eigenvalue weighted by Crippen LogP contribution is 2.26. The number of sulfonamides is 1. The van der Waals surface area contributed by atoms with Gasteiger partial charge in [0, 0.05) is 19.1 Å². The van der Waals surface area contributed by atoms with Crippen molar-refractivity contribution in [1.82, 2.24) is 9.62 Å². The highest BCUT2D eigenvalue weighted by atomic mass is 35.5. The Kier molecular flexibility index (Phi) is 7.36. The molecule has 1 fully saturated rings. The van der Waals surface area contributed by atoms with Crippen LogP contribution < -0.4 is 5.32 Å². The molecule has 0 aromatic heterocycles. The molecule has 2 atom stereocenters. The summed E-state index contributed by atoms with van der Waals surface area (Å²) in [7, 11) is -3.53. The molecule has 1 saturated heterocycles. The summed E-state index contributed by atoms with van der Waals surface area (Å²) in [6.45, 7) is 6.71. The Morgan fingerprint density at radius 2 is 1.96 bits per heavy atom. The largest absolute Gasteiger partial charge is 0.353 e. The van der Waals surface area contributed by atoms with Gasteiger partial charge >= 0.3 is 0 Å². The Morgan fingerprint density at radius 1 is 1.27 bits per heavy atom. The monoisotopic (exact) mass is 420 g/mol. The predicted octanol–water partition coefficient (Wildman–Crippen LogP) is 3.70. The van der Waals surface area contributed by atoms with Gasteiger partial charge in [0.2, 0.25) is 15.9 Å². The maximum absolute atomic E-state index is 12.8. The average Bonchev–Trinajstić information content (AvgIpc) is 2.58. The molecule has 8 heteroatoms. The minimum atomic E-state index is -3.53. The Morgan fingerprint density at radius 3 is 2.58 bits per heavy atom. The summed E-state index contributed by atoms with van der Waals surface area (Å²) in [4.78, 5) is 12.5. The van der Waals surface area contributed by atoms with E-state index in [0.717, 1.165) is 0 Å². The van der Waals surface area contributed by atoms with Gasteiger partial charge in [-0.1, -0.05) is 43.1 Å². The first-order valence-electron chi connectivity index (χ1n) is 8.82. The maximum Gasteiger partial charge on any atom is 0.224 e. The first-order valence-corrected chi connectivity index (χ1v) is 11.2. The highest BCUT2D eigenvalue weighted by molar-refractivity contribution is 7.88. The smallest absolute Gasteiger partial charge is 0.224 e. The van der Waals surface area contributed by atoms with Gasteiger partial charge < -0.3 is 5.32 Å². The van der Waals surface area contributed by atoms with Crippen molar-refractivity contribution in [2.24, 2.45) is 11.8 Å². The van der Waals surface area contributed by atoms with E-state index in [1.54, 1.807) is 18.2 Å². The fourth-order valence-corrected chi connectivity index (χ4v) is 4.77. The van der Waals surface area contributed by atoms with Crippen LogP contribution in [0.25, 0.3) is 0 Å². The molecule has 1 aromatic rings. The second kappa shape index (κ2) is 8.91. The zero-order chi connectivity index (χ0) is 19.5. The second-order valence-electron chi connectivity index (χ2n) is 7.24. The van der Waals surface area contributed by atoms with Gasteiger partial charge in [-0.15, -0.1) is 0 Å². The molecule has 1 N–H and O–H groups in total. The lowest BCUT2D eigenvalue weighted by molar-refractivity contribution is -0.127. The topological polar surface area (TPSA) is 66.5 Å². The molecule has 5 nitrogen and oxygen atoms in total. The van der Waals surface area contributed by atoms with Crippen LogP contribution in [0.3, 0.4) is 0 Å². The van der Waals surface area contributed by atoms with Crippen LogP contribution in [0.4, 0.5) is 0 Å². The summed E-state index contributed by atoms with van der Waals surface area (Å²) in [5, 5.41) is 3.71. The zero-order valence-corrected chi connectivity index (χ0v) is 17.7. The van der Waals surface area contributed by atoms with Gasteiger partial charge in [-0.3, -0.25) is 4.79 Å². The van der Waals surface area contributed by atoms with Gasteiger partial charge in [-0.2, -0.15) is 0 Å². The van der Waals surface area contributed by atoms with Crippen molar-refractivity contribution >= 4 is 39.1 Å². The number of amides is 1. The number of hydrogen-bond donors (Lipinski definition) is 1. The number of carbonyl (C=O) groups is 1. The third-order valence-electron chi connectivity index (χ3n) is 4.85. The van der Waals surface area contributed by atoms with Crippen molar-refractivity contribution < 1.29 is 13.2 Å². The lowest BCUT2D eigenvalue weighted by Gasteiger charge is -2.32. The number of hydrogen-bond acceptors (Lipinski definition) is 3. The standard InChI is InChI=1S/C18H26Cl2N2O3S/c1-12(2)13(3)21-18(23)15-5-4-8-22(10-15)26(24,25)11-14-6-7-16(19)17(20)9-14/h6-7,9,12-13,15H,4-5,8,10-11H2,1-3H3,(H,21,23)/t13-,15+/m1/s1. The molecular weight excluding hydrogens is 395 g/mol. The van der Waals surface area contributed by atoms with E-state index in [0.29, 0.717) is 40.9 Å². The molecule has 26 heavy (non-hydrogen) atoms. The van der Waals surface area contributed by atoms with Crippen LogP contribution in [0.15, 0.2) is 18.2 Å². The number of nitrogens with zero attached hydrogens (tertiary/aromatic N) is 1. The molecule has 146 valence electrons. The minimum absolute atomic E-state index is 0.0608. The molecule has 1 amide bonds. The van der Waals surface area contributed by atoms with Crippen molar-refractivity contribution in [3.63, 3.8) is 0 Å². The van der Waals surface area contributed by atoms with E-state index in [-0.39, 0.29) is 30.2 Å². The van der Waals surface area contributed by atoms with Gasteiger partial charge in [-0.25, -0.2) is 12.7 Å². The van der Waals surface area contributed by atoms with Gasteiger partial charge in [0.1, 0.15) is 0 Å². The van der Waals surface area contributed by atoms with E-state index < -0.39 is 10.0 Å². The predicted molar refractivity (Wildman–Crippen MR) is 106 cm³/mol. The molecule has 0 radical (unpaired) electrons. The maximum atomic E-state index is 12.8. The Balaban J connectivity index is 2.04. The summed E-state index contributed by atoms with van der Waals surface area (Å²) in [6, 6.07) is 4.88. The molecule has 1 aliphatic rings. The van der Waals surface area contributed by atoms with Crippen molar-refractivity contribution in [2.75, 3.05) is 13.1 Å². The van der Waals surface area contributed by atoms with Gasteiger partial charge in [0.15, 0.2) is 0 Å². The Bertz CT molecular complexity index is 753. The number of benzene rings is 1. The number of piperidine rings is 1. The van der Waals surface area contributed by atoms with Crippen LogP contribution in [-0.2, 0) is 20.6 Å². The Labute approximate surface area is 166 Å². The van der Waals surface area contributed by atoms with Crippen LogP contribution >= 0.6 is 23.2 Å². The SMILES string of the molecule is CC(C)[C@@H](C)NC(=O)[C@H]1CCCN(S(=O)(=O)Cc2ccc(Cl)c(Cl)c2)C1. The van der Waals surface area contributed by atoms with Crippen molar-refractivity contribution in [3.05, 3.63) is 33.8 Å². The number of nitrogens with one attached hydrogen (secondary N) is 1. The lowest BCUT2D eigenvalue weighted by atomic mass is 9.97. The van der Waals surface area contributed by atoms with E-state index in [1.165, 1.54) is 4.31 Å². The summed E-state index contributed by atoms with van der Waals surface area (Å²) in [5.41, 5.74) is 0.583. The van der Waals surface area contributed by atoms with Gasteiger partial charge in [0.05, 0.1) is 21.7 Å². The van der Waals surface area contributed by atoms with E-state index in [2.05, 4.69) is 5.32 Å². The van der Waals surface area contributed by atoms with Gasteiger partial charge in [-0.05, 0) is 43.4 Å². The van der Waals surface area contributed by atoms with Crippen molar-refractivity contribution in [2.45, 2.75) is 45.4 Å². The minimum Gasteiger partial charge on any atom is -0.353 e. The second-order valence-corrected chi connectivity index (χ2v) is 10.0. The van der Waals surface area contributed by atoms with Crippen LogP contribution in [0, 0.1) is 11.8 Å². The molecule has 0 spiro atoms. The number of rotatable bonds is 6. The summed E-state index contributed by atoms with van der Waals surface area (Å²) in [5.74, 6) is -0.202. The molecule has 0 unspecified atom stereocenters. The molecule has 0 saturated carbocycles. The number of carbonyl (C=O) groups excluding carboxylic acids is 1. The molecule has 0 aliphatic carbocycles. The lowest BCUT2D eigenvalue weighted by Crippen LogP contribution is -2.48. The molecular formula is C18H26Cl2N2O3S. The van der Waals surface area contributed by atoms with Crippen LogP contribution in [-0.4, -0.2) is 37.8 Å². The van der Waals surface area contributed by atoms with Crippen LogP contribution in [0.5, 0.6) is 0 Å². The normalized spacial score (nSPS) is 20.2. The molecule has 1 aliphatic heterocycles. The van der Waals surface area contributed by atoms with Crippen LogP contribution in [0.2, 0.25) is 10.0 Å². The summed E-state index contributed by atoms with van der Waals surface area (Å²) >= 11 is 11.9. The van der Waals surface area contributed by atoms with E-state index in [1.807, 2.05) is 20.8 Å². The fraction of sp³-hybridized carbons (Fsp3) is 0.611. The third kappa shape index (κ3) is 5.59. The first kappa shape index (κ1) is 21.5. The van der Waals surface area contributed by atoms with E-state index in [9.17, 15) is 13.2 Å². The third-order valence-corrected chi connectivity index (χ3v) is 7.41. The van der Waals surface area contributed by atoms with Crippen molar-refractivity contribution in [1.29, 1.82) is 0 Å². The first-order chi connectivity index (χ1) is 12.1. The highest BCUT2D eigenvalue weighted by Gasteiger charge is 2.33. The Hall–Kier alpha value is -0.820. The zero-order valence-electron chi connectivity index (χ0n) is 15.3. The summed E-state index contributed by atoms with van der Waals surface area (Å²) in [6.07, 6.45) is 1.38. The number of halogens is 2. The van der Waals surface area contributed by atoms with Crippen LogP contribution in [0.1, 0.15) is 39.2 Å².